The first-order valence-electron chi connectivity index (χ1n) is 9.99. The van der Waals surface area contributed by atoms with Crippen LogP contribution in [0.4, 0.5) is 10.5 Å². The van der Waals surface area contributed by atoms with Crippen molar-refractivity contribution in [1.82, 2.24) is 20.4 Å². The molecular weight excluding hydrogens is 442 g/mol. The van der Waals surface area contributed by atoms with Crippen LogP contribution in [0.25, 0.3) is 0 Å². The molecule has 2 aromatic rings. The number of piperidine rings is 1. The number of urea groups is 1. The van der Waals surface area contributed by atoms with Crippen LogP contribution in [-0.2, 0) is 9.53 Å². The third-order valence-corrected chi connectivity index (χ3v) is 6.11. The van der Waals surface area contributed by atoms with Gasteiger partial charge in [0.15, 0.2) is 0 Å². The lowest BCUT2D eigenvalue weighted by molar-refractivity contribution is -0.144. The van der Waals surface area contributed by atoms with Crippen LogP contribution in [0.3, 0.4) is 0 Å². The number of hydrogen-bond donors (Lipinski definition) is 2. The molecule has 0 saturated carbocycles. The number of benzene rings is 1. The molecule has 1 aliphatic heterocycles. The van der Waals surface area contributed by atoms with Crippen molar-refractivity contribution in [3.63, 3.8) is 0 Å². The summed E-state index contributed by atoms with van der Waals surface area (Å²) in [6.07, 6.45) is 1.63. The molecule has 0 spiro atoms. The van der Waals surface area contributed by atoms with E-state index in [2.05, 4.69) is 20.8 Å². The highest BCUT2D eigenvalue weighted by Crippen LogP contribution is 2.29. The standard InChI is InChI=1S/C20H24ClN5O4S/c1-3-30-19(28)12(2)22-20(29)26-10-4-5-13(11-26)17-24-25-18(31-17)16(27)23-15-8-6-14(21)7-9-15/h6-9,12-13H,3-5,10-11H2,1-2H3,(H,22,29)(H,23,27)/t12-,13-/m1/s1. The normalized spacial score (nSPS) is 17.0. The number of nitrogens with one attached hydrogen (secondary N) is 2. The van der Waals surface area contributed by atoms with Crippen molar-refractivity contribution < 1.29 is 19.1 Å². The number of hydrogen-bond acceptors (Lipinski definition) is 7. The fourth-order valence-corrected chi connectivity index (χ4v) is 4.17. The van der Waals surface area contributed by atoms with Gasteiger partial charge in [-0.25, -0.2) is 9.59 Å². The predicted octanol–water partition coefficient (Wildman–Crippen LogP) is 3.28. The highest BCUT2D eigenvalue weighted by atomic mass is 35.5. The van der Waals surface area contributed by atoms with Gasteiger partial charge in [-0.1, -0.05) is 22.9 Å². The summed E-state index contributed by atoms with van der Waals surface area (Å²) >= 11 is 7.07. The number of carbonyl (C=O) groups is 3. The van der Waals surface area contributed by atoms with Crippen molar-refractivity contribution in [2.75, 3.05) is 25.0 Å². The van der Waals surface area contributed by atoms with Crippen LogP contribution in [0.15, 0.2) is 24.3 Å². The summed E-state index contributed by atoms with van der Waals surface area (Å²) in [5, 5.41) is 15.2. The number of anilines is 1. The third-order valence-electron chi connectivity index (χ3n) is 4.77. The lowest BCUT2D eigenvalue weighted by Crippen LogP contribution is -2.49. The molecule has 2 atom stereocenters. The van der Waals surface area contributed by atoms with Gasteiger partial charge in [-0.3, -0.25) is 4.79 Å². The molecule has 1 fully saturated rings. The van der Waals surface area contributed by atoms with Gasteiger partial charge in [0.05, 0.1) is 6.61 Å². The highest BCUT2D eigenvalue weighted by molar-refractivity contribution is 7.13. The molecule has 1 aliphatic rings. The Morgan fingerprint density at radius 2 is 2.03 bits per heavy atom. The van der Waals surface area contributed by atoms with Crippen LogP contribution < -0.4 is 10.6 Å². The lowest BCUT2D eigenvalue weighted by atomic mass is 9.99. The van der Waals surface area contributed by atoms with E-state index in [9.17, 15) is 14.4 Å². The molecule has 3 amide bonds. The van der Waals surface area contributed by atoms with Gasteiger partial charge in [0.2, 0.25) is 5.01 Å². The number of nitrogens with zero attached hydrogens (tertiary/aromatic N) is 3. The van der Waals surface area contributed by atoms with Crippen LogP contribution in [0.5, 0.6) is 0 Å². The van der Waals surface area contributed by atoms with Gasteiger partial charge < -0.3 is 20.3 Å². The summed E-state index contributed by atoms with van der Waals surface area (Å²) in [5.41, 5.74) is 0.613. The Hall–Kier alpha value is -2.72. The maximum Gasteiger partial charge on any atom is 0.328 e. The average molecular weight is 466 g/mol. The number of amides is 3. The maximum absolute atomic E-state index is 12.5. The maximum atomic E-state index is 12.5. The first kappa shape index (κ1) is 23.0. The Morgan fingerprint density at radius 3 is 2.74 bits per heavy atom. The quantitative estimate of drug-likeness (QED) is 0.633. The zero-order valence-electron chi connectivity index (χ0n) is 17.3. The minimum Gasteiger partial charge on any atom is -0.464 e. The number of likely N-dealkylation sites (tertiary alicyclic amines) is 1. The lowest BCUT2D eigenvalue weighted by Gasteiger charge is -2.32. The molecule has 11 heteroatoms. The van der Waals surface area contributed by atoms with E-state index in [-0.39, 0.29) is 29.5 Å². The zero-order valence-corrected chi connectivity index (χ0v) is 18.8. The molecule has 31 heavy (non-hydrogen) atoms. The number of halogens is 1. The van der Waals surface area contributed by atoms with E-state index < -0.39 is 12.0 Å². The van der Waals surface area contributed by atoms with E-state index in [1.165, 1.54) is 11.3 Å². The largest absolute Gasteiger partial charge is 0.464 e. The van der Waals surface area contributed by atoms with Gasteiger partial charge in [-0.05, 0) is 51.0 Å². The number of aromatic nitrogens is 2. The van der Waals surface area contributed by atoms with E-state index in [1.54, 1.807) is 43.0 Å². The Morgan fingerprint density at radius 1 is 1.29 bits per heavy atom. The van der Waals surface area contributed by atoms with Gasteiger partial charge in [0.1, 0.15) is 11.0 Å². The van der Waals surface area contributed by atoms with E-state index in [1.807, 2.05) is 0 Å². The van der Waals surface area contributed by atoms with Crippen molar-refractivity contribution in [2.24, 2.45) is 0 Å². The van der Waals surface area contributed by atoms with Crippen molar-refractivity contribution in [3.05, 3.63) is 39.3 Å². The van der Waals surface area contributed by atoms with Gasteiger partial charge >= 0.3 is 12.0 Å². The average Bonchev–Trinajstić information content (AvgIpc) is 3.26. The molecule has 0 bridgehead atoms. The molecular formula is C20H24ClN5O4S. The number of ether oxygens (including phenoxy) is 1. The van der Waals surface area contributed by atoms with Crippen molar-refractivity contribution in [1.29, 1.82) is 0 Å². The molecule has 166 valence electrons. The summed E-state index contributed by atoms with van der Waals surface area (Å²) in [4.78, 5) is 38.4. The molecule has 1 aromatic heterocycles. The Bertz CT molecular complexity index is 936. The molecule has 9 nitrogen and oxygen atoms in total. The SMILES string of the molecule is CCOC(=O)[C@@H](C)NC(=O)N1CCC[C@@H](c2nnc(C(=O)Nc3ccc(Cl)cc3)s2)C1. The van der Waals surface area contributed by atoms with E-state index in [4.69, 9.17) is 16.3 Å². The van der Waals surface area contributed by atoms with Crippen molar-refractivity contribution in [2.45, 2.75) is 38.6 Å². The van der Waals surface area contributed by atoms with E-state index in [0.29, 0.717) is 28.8 Å². The second-order valence-corrected chi connectivity index (χ2v) is 8.56. The summed E-state index contributed by atoms with van der Waals surface area (Å²) in [7, 11) is 0. The Labute approximate surface area is 189 Å². The molecule has 0 unspecified atom stereocenters. The van der Waals surface area contributed by atoms with Gasteiger partial charge in [-0.2, -0.15) is 0 Å². The topological polar surface area (TPSA) is 114 Å². The Kier molecular flexibility index (Phi) is 7.80. The van der Waals surface area contributed by atoms with Gasteiger partial charge in [-0.15, -0.1) is 10.2 Å². The van der Waals surface area contributed by atoms with Gasteiger partial charge in [0.25, 0.3) is 5.91 Å². The van der Waals surface area contributed by atoms with E-state index in [0.717, 1.165) is 12.8 Å². The molecule has 1 aromatic carbocycles. The summed E-state index contributed by atoms with van der Waals surface area (Å²) < 4.78 is 4.92. The second-order valence-electron chi connectivity index (χ2n) is 7.11. The fraction of sp³-hybridized carbons (Fsp3) is 0.450. The highest BCUT2D eigenvalue weighted by Gasteiger charge is 2.29. The minimum atomic E-state index is -0.725. The number of esters is 1. The first-order valence-corrected chi connectivity index (χ1v) is 11.2. The fourth-order valence-electron chi connectivity index (χ4n) is 3.17. The van der Waals surface area contributed by atoms with Crippen molar-refractivity contribution >= 4 is 46.5 Å². The number of rotatable bonds is 6. The predicted molar refractivity (Wildman–Crippen MR) is 117 cm³/mol. The molecule has 2 N–H and O–H groups in total. The van der Waals surface area contributed by atoms with Gasteiger partial charge in [0, 0.05) is 29.7 Å². The van der Waals surface area contributed by atoms with Crippen LogP contribution in [0.1, 0.15) is 47.4 Å². The minimum absolute atomic E-state index is 0.0213. The first-order chi connectivity index (χ1) is 14.9. The zero-order chi connectivity index (χ0) is 22.4. The van der Waals surface area contributed by atoms with Crippen LogP contribution in [0, 0.1) is 0 Å². The molecule has 3 rings (SSSR count). The Balaban J connectivity index is 1.58. The molecule has 1 saturated heterocycles. The monoisotopic (exact) mass is 465 g/mol. The van der Waals surface area contributed by atoms with Crippen molar-refractivity contribution in [3.8, 4) is 0 Å². The number of carbonyl (C=O) groups excluding carboxylic acids is 3. The molecule has 0 aliphatic carbocycles. The summed E-state index contributed by atoms with van der Waals surface area (Å²) in [6.45, 7) is 4.59. The third kappa shape index (κ3) is 6.14. The second kappa shape index (κ2) is 10.5. The van der Waals surface area contributed by atoms with Crippen LogP contribution >= 0.6 is 22.9 Å². The molecule has 0 radical (unpaired) electrons. The van der Waals surface area contributed by atoms with Crippen LogP contribution in [0.2, 0.25) is 5.02 Å². The summed E-state index contributed by atoms with van der Waals surface area (Å²) in [6, 6.07) is 5.74. The van der Waals surface area contributed by atoms with Crippen LogP contribution in [-0.4, -0.2) is 58.7 Å². The summed E-state index contributed by atoms with van der Waals surface area (Å²) in [5.74, 6) is -0.836. The van der Waals surface area contributed by atoms with E-state index >= 15 is 0 Å². The molecule has 2 heterocycles. The smallest absolute Gasteiger partial charge is 0.328 e.